The van der Waals surface area contributed by atoms with Gasteiger partial charge < -0.3 is 41.2 Å². The molecule has 5 amide bonds. The van der Waals surface area contributed by atoms with Gasteiger partial charge in [-0.05, 0) is 48.0 Å². The van der Waals surface area contributed by atoms with E-state index in [-0.39, 0.29) is 12.8 Å². The molecule has 0 fully saturated rings. The second-order valence-corrected chi connectivity index (χ2v) is 9.77. The van der Waals surface area contributed by atoms with Crippen molar-refractivity contribution in [2.45, 2.75) is 71.6 Å². The summed E-state index contributed by atoms with van der Waals surface area (Å²) in [6, 6.07) is -1.22. The van der Waals surface area contributed by atoms with Crippen molar-refractivity contribution in [3.8, 4) is 0 Å². The molecule has 6 N–H and O–H groups in total. The van der Waals surface area contributed by atoms with Crippen molar-refractivity contribution in [2.75, 3.05) is 26.2 Å². The summed E-state index contributed by atoms with van der Waals surface area (Å²) in [5, 5.41) is 19.6. The molecule has 37 heavy (non-hydrogen) atoms. The molecular formula is C22H37N5O10. The Kier molecular flexibility index (Phi) is 13.6. The number of alkyl carbamates (subject to hydrolysis) is 1. The Morgan fingerprint density at radius 1 is 0.676 bits per heavy atom. The van der Waals surface area contributed by atoms with Crippen molar-refractivity contribution in [1.29, 1.82) is 0 Å². The first-order valence-electron chi connectivity index (χ1n) is 11.4. The molecule has 1 atom stereocenters. The van der Waals surface area contributed by atoms with Gasteiger partial charge >= 0.3 is 18.0 Å². The number of hydrogen-bond donors (Lipinski definition) is 6. The van der Waals surface area contributed by atoms with Crippen LogP contribution in [0.5, 0.6) is 0 Å². The van der Waals surface area contributed by atoms with Crippen molar-refractivity contribution >= 4 is 41.7 Å². The smallest absolute Gasteiger partial charge is 0.408 e. The molecule has 0 heterocycles. The van der Waals surface area contributed by atoms with Gasteiger partial charge in [0.1, 0.15) is 23.8 Å². The van der Waals surface area contributed by atoms with E-state index in [9.17, 15) is 33.6 Å². The summed E-state index contributed by atoms with van der Waals surface area (Å²) < 4.78 is 10.3. The molecule has 0 spiro atoms. The summed E-state index contributed by atoms with van der Waals surface area (Å²) in [6.45, 7) is 7.77. The molecule has 210 valence electrons. The van der Waals surface area contributed by atoms with Gasteiger partial charge in [-0.25, -0.2) is 4.79 Å². The molecule has 0 aromatic carbocycles. The quantitative estimate of drug-likeness (QED) is 0.152. The molecule has 0 aliphatic carbocycles. The number of carbonyl (C=O) groups is 7. The first-order valence-corrected chi connectivity index (χ1v) is 11.4. The molecule has 0 radical (unpaired) electrons. The van der Waals surface area contributed by atoms with E-state index < -0.39 is 85.1 Å². The normalized spacial score (nSPS) is 11.8. The van der Waals surface area contributed by atoms with Crippen molar-refractivity contribution in [3.05, 3.63) is 0 Å². The molecule has 0 saturated carbocycles. The first-order chi connectivity index (χ1) is 16.9. The lowest BCUT2D eigenvalue weighted by Gasteiger charge is -2.24. The number of amides is 5. The van der Waals surface area contributed by atoms with Crippen molar-refractivity contribution in [1.82, 2.24) is 26.6 Å². The van der Waals surface area contributed by atoms with Crippen LogP contribution in [0.3, 0.4) is 0 Å². The van der Waals surface area contributed by atoms with Crippen LogP contribution in [0.4, 0.5) is 4.79 Å². The number of carboxylic acids is 1. The van der Waals surface area contributed by atoms with E-state index in [1.807, 2.05) is 5.32 Å². The molecule has 0 rings (SSSR count). The van der Waals surface area contributed by atoms with Crippen molar-refractivity contribution in [2.24, 2.45) is 0 Å². The maximum absolute atomic E-state index is 12.6. The fourth-order valence-corrected chi connectivity index (χ4v) is 2.38. The Morgan fingerprint density at radius 3 is 1.54 bits per heavy atom. The Hall–Kier alpha value is -3.91. The minimum atomic E-state index is -1.25. The van der Waals surface area contributed by atoms with Crippen LogP contribution in [-0.4, -0.2) is 90.2 Å². The van der Waals surface area contributed by atoms with Crippen LogP contribution in [0.1, 0.15) is 54.4 Å². The van der Waals surface area contributed by atoms with E-state index >= 15 is 0 Å². The Bertz CT molecular complexity index is 861. The Labute approximate surface area is 214 Å². The van der Waals surface area contributed by atoms with Gasteiger partial charge in [0.25, 0.3) is 0 Å². The summed E-state index contributed by atoms with van der Waals surface area (Å²) in [5.74, 6) is -4.82. The molecule has 0 unspecified atom stereocenters. The third-order valence-electron chi connectivity index (χ3n) is 3.82. The summed E-state index contributed by atoms with van der Waals surface area (Å²) in [4.78, 5) is 82.2. The van der Waals surface area contributed by atoms with E-state index in [4.69, 9.17) is 14.6 Å². The van der Waals surface area contributed by atoms with Gasteiger partial charge in [-0.2, -0.15) is 0 Å². The van der Waals surface area contributed by atoms with Gasteiger partial charge in [-0.1, -0.05) is 0 Å². The highest BCUT2D eigenvalue weighted by Gasteiger charge is 2.26. The number of carbonyl (C=O) groups excluding carboxylic acids is 6. The van der Waals surface area contributed by atoms with Crippen molar-refractivity contribution < 1.29 is 48.1 Å². The zero-order chi connectivity index (χ0) is 28.8. The molecule has 15 nitrogen and oxygen atoms in total. The largest absolute Gasteiger partial charge is 0.480 e. The Morgan fingerprint density at radius 2 is 1.11 bits per heavy atom. The first kappa shape index (κ1) is 33.1. The lowest BCUT2D eigenvalue weighted by atomic mass is 10.1. The SMILES string of the molecule is CC(C)(C)OC(=O)CC[C@H](NC(=O)OC(C)(C)C)C(=O)NCC(=O)NCC(=O)NCC(=O)NCC(=O)O. The minimum absolute atomic E-state index is 0.131. The second-order valence-electron chi connectivity index (χ2n) is 9.77. The average molecular weight is 532 g/mol. The predicted octanol–water partition coefficient (Wildman–Crippen LogP) is -1.45. The molecule has 0 aliphatic rings. The minimum Gasteiger partial charge on any atom is -0.480 e. The highest BCUT2D eigenvalue weighted by Crippen LogP contribution is 2.11. The predicted molar refractivity (Wildman–Crippen MR) is 128 cm³/mol. The number of rotatable bonds is 13. The van der Waals surface area contributed by atoms with Crippen LogP contribution >= 0.6 is 0 Å². The van der Waals surface area contributed by atoms with Crippen LogP contribution in [0.25, 0.3) is 0 Å². The van der Waals surface area contributed by atoms with Crippen LogP contribution in [0.15, 0.2) is 0 Å². The number of ether oxygens (including phenoxy) is 2. The van der Waals surface area contributed by atoms with Crippen LogP contribution in [0, 0.1) is 0 Å². The van der Waals surface area contributed by atoms with Crippen LogP contribution in [-0.2, 0) is 38.2 Å². The number of nitrogens with one attached hydrogen (secondary N) is 5. The molecule has 0 aliphatic heterocycles. The lowest BCUT2D eigenvalue weighted by molar-refractivity contribution is -0.155. The van der Waals surface area contributed by atoms with Gasteiger partial charge in [0.15, 0.2) is 0 Å². The fraction of sp³-hybridized carbons (Fsp3) is 0.682. The third-order valence-corrected chi connectivity index (χ3v) is 3.82. The number of aliphatic carboxylic acids is 1. The number of hydrogen-bond acceptors (Lipinski definition) is 9. The van der Waals surface area contributed by atoms with Crippen LogP contribution in [0.2, 0.25) is 0 Å². The lowest BCUT2D eigenvalue weighted by Crippen LogP contribution is -2.51. The molecular weight excluding hydrogens is 494 g/mol. The maximum Gasteiger partial charge on any atom is 0.408 e. The molecule has 0 aromatic rings. The maximum atomic E-state index is 12.6. The standard InChI is InChI=1S/C22H37N5O10/c1-21(2,3)36-18(33)8-7-13(27-20(35)37-22(4,5)6)19(34)26-11-16(30)24-9-14(28)23-10-15(29)25-12-17(31)32/h13H,7-12H2,1-6H3,(H,23,28)(H,24,30)(H,25,29)(H,26,34)(H,27,35)(H,31,32)/t13-/m0/s1. The number of esters is 1. The monoisotopic (exact) mass is 531 g/mol. The average Bonchev–Trinajstić information content (AvgIpc) is 2.73. The summed E-state index contributed by atoms with van der Waals surface area (Å²) in [5.41, 5.74) is -1.58. The topological polar surface area (TPSA) is 218 Å². The second kappa shape index (κ2) is 15.3. The summed E-state index contributed by atoms with van der Waals surface area (Å²) in [6.07, 6.45) is -1.23. The molecule has 15 heteroatoms. The van der Waals surface area contributed by atoms with E-state index in [2.05, 4.69) is 21.3 Å². The fourth-order valence-electron chi connectivity index (χ4n) is 2.38. The Balaban J connectivity index is 4.75. The molecule has 0 aromatic heterocycles. The summed E-state index contributed by atoms with van der Waals surface area (Å²) in [7, 11) is 0. The van der Waals surface area contributed by atoms with E-state index in [1.54, 1.807) is 41.5 Å². The van der Waals surface area contributed by atoms with Gasteiger partial charge in [-0.3, -0.25) is 28.8 Å². The highest BCUT2D eigenvalue weighted by atomic mass is 16.6. The molecule has 0 saturated heterocycles. The van der Waals surface area contributed by atoms with Gasteiger partial charge in [-0.15, -0.1) is 0 Å². The van der Waals surface area contributed by atoms with E-state index in [1.165, 1.54) is 0 Å². The van der Waals surface area contributed by atoms with E-state index in [0.717, 1.165) is 0 Å². The van der Waals surface area contributed by atoms with Gasteiger partial charge in [0.2, 0.25) is 23.6 Å². The van der Waals surface area contributed by atoms with Gasteiger partial charge in [0.05, 0.1) is 19.6 Å². The zero-order valence-electron chi connectivity index (χ0n) is 21.9. The number of carboxylic acid groups (broad SMARTS) is 1. The van der Waals surface area contributed by atoms with Crippen LogP contribution < -0.4 is 26.6 Å². The molecule has 0 bridgehead atoms. The third kappa shape index (κ3) is 19.0. The van der Waals surface area contributed by atoms with E-state index in [0.29, 0.717) is 0 Å². The van der Waals surface area contributed by atoms with Crippen molar-refractivity contribution in [3.63, 3.8) is 0 Å². The summed E-state index contributed by atoms with van der Waals surface area (Å²) >= 11 is 0. The zero-order valence-corrected chi connectivity index (χ0v) is 21.9. The van der Waals surface area contributed by atoms with Gasteiger partial charge in [0, 0.05) is 6.42 Å². The highest BCUT2D eigenvalue weighted by molar-refractivity contribution is 5.92.